The Labute approximate surface area is 256 Å². The molecule has 238 valence electrons. The van der Waals surface area contributed by atoms with Crippen LogP contribution in [0.4, 0.5) is 0 Å². The van der Waals surface area contributed by atoms with E-state index in [0.717, 1.165) is 48.3 Å². The lowest BCUT2D eigenvalue weighted by Crippen LogP contribution is -2.50. The molecule has 1 aromatic carbocycles. The van der Waals surface area contributed by atoms with Crippen molar-refractivity contribution in [2.75, 3.05) is 19.7 Å². The summed E-state index contributed by atoms with van der Waals surface area (Å²) in [7, 11) is 0. The number of likely N-dealkylation sites (N-methyl/N-ethyl adjacent to an activating group) is 1. The Balaban J connectivity index is 0. The van der Waals surface area contributed by atoms with E-state index in [2.05, 4.69) is 54.7 Å². The third kappa shape index (κ3) is 12.7. The van der Waals surface area contributed by atoms with Crippen molar-refractivity contribution in [2.24, 2.45) is 5.92 Å². The van der Waals surface area contributed by atoms with Gasteiger partial charge in [0.2, 0.25) is 12.3 Å². The summed E-state index contributed by atoms with van der Waals surface area (Å²) in [5.74, 6) is 0.583. The molecule has 1 fully saturated rings. The first-order valence-electron chi connectivity index (χ1n) is 15.7. The molecule has 2 heterocycles. The topological polar surface area (TPSA) is 98.7 Å². The van der Waals surface area contributed by atoms with Gasteiger partial charge in [0.25, 0.3) is 0 Å². The van der Waals surface area contributed by atoms with Crippen LogP contribution in [0.2, 0.25) is 0 Å². The van der Waals surface area contributed by atoms with Crippen LogP contribution in [0.1, 0.15) is 99.4 Å². The molecule has 0 radical (unpaired) electrons. The number of aliphatic hydroxyl groups excluding tert-OH is 1. The third-order valence-electron chi connectivity index (χ3n) is 6.66. The van der Waals surface area contributed by atoms with Crippen LogP contribution in [-0.2, 0) is 9.59 Å². The number of hydrogen-bond acceptors (Lipinski definition) is 6. The third-order valence-corrected chi connectivity index (χ3v) is 6.66. The second-order valence-corrected chi connectivity index (χ2v) is 9.40. The molecule has 1 saturated heterocycles. The van der Waals surface area contributed by atoms with Crippen LogP contribution >= 0.6 is 0 Å². The van der Waals surface area contributed by atoms with E-state index in [0.29, 0.717) is 18.4 Å². The summed E-state index contributed by atoms with van der Waals surface area (Å²) in [4.78, 5) is 27.1. The van der Waals surface area contributed by atoms with Gasteiger partial charge in [0.1, 0.15) is 6.04 Å². The highest BCUT2D eigenvalue weighted by atomic mass is 16.3. The number of carbonyl (C=O) groups is 2. The Hall–Kier alpha value is -3.26. The first-order valence-corrected chi connectivity index (χ1v) is 15.7. The van der Waals surface area contributed by atoms with E-state index in [1.54, 1.807) is 12.4 Å². The van der Waals surface area contributed by atoms with Gasteiger partial charge in [-0.2, -0.15) is 10.2 Å². The van der Waals surface area contributed by atoms with Gasteiger partial charge in [0.15, 0.2) is 0 Å². The summed E-state index contributed by atoms with van der Waals surface area (Å²) in [6.45, 7) is 27.8. The highest BCUT2D eigenvalue weighted by Crippen LogP contribution is 2.24. The number of amides is 2. The van der Waals surface area contributed by atoms with Gasteiger partial charge in [0, 0.05) is 24.7 Å². The Morgan fingerprint density at radius 1 is 1.14 bits per heavy atom. The Kier molecular flexibility index (Phi) is 23.7. The lowest BCUT2D eigenvalue weighted by molar-refractivity contribution is -0.138. The number of hydrogen-bond donors (Lipinski definition) is 2. The molecule has 1 aliphatic heterocycles. The quantitative estimate of drug-likeness (QED) is 0.298. The van der Waals surface area contributed by atoms with Crippen LogP contribution in [0, 0.1) is 12.8 Å². The average molecular weight is 586 g/mol. The Morgan fingerprint density at radius 3 is 2.14 bits per heavy atom. The van der Waals surface area contributed by atoms with E-state index >= 15 is 0 Å². The minimum Gasteiger partial charge on any atom is -0.394 e. The minimum absolute atomic E-state index is 0.0574. The molecule has 2 N–H and O–H groups in total. The first kappa shape index (κ1) is 40.9. The number of nitrogens with one attached hydrogen (secondary N) is 1. The van der Waals surface area contributed by atoms with Crippen LogP contribution in [0.3, 0.4) is 0 Å². The zero-order chi connectivity index (χ0) is 32.7. The summed E-state index contributed by atoms with van der Waals surface area (Å²) in [6, 6.07) is 9.51. The lowest BCUT2D eigenvalue weighted by Gasteiger charge is -2.35. The van der Waals surface area contributed by atoms with Crippen molar-refractivity contribution in [3.8, 4) is 11.1 Å². The second-order valence-electron chi connectivity index (χ2n) is 9.40. The van der Waals surface area contributed by atoms with E-state index in [1.165, 1.54) is 0 Å². The molecule has 3 atom stereocenters. The molecule has 0 bridgehead atoms. The summed E-state index contributed by atoms with van der Waals surface area (Å²) in [5, 5.41) is 19.6. The van der Waals surface area contributed by atoms with Crippen molar-refractivity contribution < 1.29 is 14.7 Å². The normalized spacial score (nSPS) is 14.6. The molecule has 0 aliphatic carbocycles. The molecule has 3 rings (SSSR count). The summed E-state index contributed by atoms with van der Waals surface area (Å²) >= 11 is 0. The summed E-state index contributed by atoms with van der Waals surface area (Å²) in [5.41, 5.74) is 3.77. The molecule has 42 heavy (non-hydrogen) atoms. The van der Waals surface area contributed by atoms with Crippen LogP contribution in [0.15, 0.2) is 49.3 Å². The highest BCUT2D eigenvalue weighted by molar-refractivity contribution is 5.83. The molecule has 0 saturated carbocycles. The maximum atomic E-state index is 12.6. The van der Waals surface area contributed by atoms with Gasteiger partial charge in [-0.1, -0.05) is 86.2 Å². The van der Waals surface area contributed by atoms with Gasteiger partial charge in [-0.15, -0.1) is 0 Å². The second kappa shape index (κ2) is 24.3. The van der Waals surface area contributed by atoms with Gasteiger partial charge in [-0.25, -0.2) is 0 Å². The number of aliphatic hydroxyl groups is 1. The van der Waals surface area contributed by atoms with Crippen molar-refractivity contribution in [2.45, 2.75) is 107 Å². The van der Waals surface area contributed by atoms with Gasteiger partial charge < -0.3 is 20.2 Å². The van der Waals surface area contributed by atoms with Crippen molar-refractivity contribution in [3.05, 3.63) is 60.6 Å². The number of carbonyl (C=O) groups excluding carboxylic acids is 2. The van der Waals surface area contributed by atoms with E-state index in [-0.39, 0.29) is 24.6 Å². The standard InChI is InChI=1S/C14H15N3O2.C14H26N2O.3C2H6/c1-10-13(6-7-16-17-10)11-2-4-12(5-3-11)14(8-18)15-9-19;1-6-15(7-2)13(11(3)4)14(17)16-10-8-9-12(16)5;3*1-2/h2-7,9,14,18H,8H2,1H3,(H,15,19);6,11-13H,1,7-10H2,2-5H3;3*1-2H3. The number of aromatic nitrogens is 2. The van der Waals surface area contributed by atoms with Gasteiger partial charge in [-0.3, -0.25) is 9.59 Å². The zero-order valence-corrected chi connectivity index (χ0v) is 28.2. The summed E-state index contributed by atoms with van der Waals surface area (Å²) in [6.07, 6.45) is 6.31. The van der Waals surface area contributed by atoms with Crippen molar-refractivity contribution in [1.82, 2.24) is 25.3 Å². The van der Waals surface area contributed by atoms with E-state index in [9.17, 15) is 14.7 Å². The molecule has 8 heteroatoms. The smallest absolute Gasteiger partial charge is 0.245 e. The predicted molar refractivity (Wildman–Crippen MR) is 177 cm³/mol. The van der Waals surface area contributed by atoms with Gasteiger partial charge in [-0.05, 0) is 62.9 Å². The number of aryl methyl sites for hydroxylation is 1. The maximum absolute atomic E-state index is 12.6. The number of rotatable bonds is 10. The van der Waals surface area contributed by atoms with Crippen molar-refractivity contribution in [3.63, 3.8) is 0 Å². The van der Waals surface area contributed by atoms with Crippen LogP contribution in [-0.4, -0.2) is 69.2 Å². The summed E-state index contributed by atoms with van der Waals surface area (Å²) < 4.78 is 0. The average Bonchev–Trinajstić information content (AvgIpc) is 3.47. The molecule has 1 aliphatic rings. The highest BCUT2D eigenvalue weighted by Gasteiger charge is 2.34. The zero-order valence-electron chi connectivity index (χ0n) is 28.2. The van der Waals surface area contributed by atoms with Crippen molar-refractivity contribution in [1.29, 1.82) is 0 Å². The van der Waals surface area contributed by atoms with Crippen molar-refractivity contribution >= 4 is 12.3 Å². The molecular weight excluding hydrogens is 526 g/mol. The minimum atomic E-state index is -0.372. The fraction of sp³-hybridized carbons (Fsp3) is 0.588. The van der Waals surface area contributed by atoms with E-state index in [1.807, 2.05) is 83.7 Å². The number of nitrogens with zero attached hydrogens (tertiary/aromatic N) is 4. The lowest BCUT2D eigenvalue weighted by atomic mass is 10.0. The molecular formula is C34H59N5O3. The molecule has 2 aromatic rings. The van der Waals surface area contributed by atoms with E-state index < -0.39 is 0 Å². The Morgan fingerprint density at radius 2 is 1.74 bits per heavy atom. The van der Waals surface area contributed by atoms with Crippen LogP contribution < -0.4 is 5.32 Å². The largest absolute Gasteiger partial charge is 0.394 e. The molecule has 8 nitrogen and oxygen atoms in total. The van der Waals surface area contributed by atoms with Crippen LogP contribution in [0.5, 0.6) is 0 Å². The SMILES string of the molecule is C=CN(CC)C(C(=O)N1CCCC1C)C(C)C.CC.CC.CC.Cc1nnccc1-c1ccc(C(CO)NC=O)cc1. The number of benzene rings is 1. The maximum Gasteiger partial charge on any atom is 0.245 e. The van der Waals surface area contributed by atoms with E-state index in [4.69, 9.17) is 0 Å². The molecule has 2 amide bonds. The Bertz CT molecular complexity index is 981. The predicted octanol–water partition coefficient (Wildman–Crippen LogP) is 6.80. The van der Waals surface area contributed by atoms with Gasteiger partial charge in [0.05, 0.1) is 24.5 Å². The monoisotopic (exact) mass is 585 g/mol. The fourth-order valence-corrected chi connectivity index (χ4v) is 4.62. The molecule has 3 unspecified atom stereocenters. The first-order chi connectivity index (χ1) is 20.3. The van der Waals surface area contributed by atoms with Crippen LogP contribution in [0.25, 0.3) is 11.1 Å². The molecule has 1 aromatic heterocycles. The molecule has 0 spiro atoms. The van der Waals surface area contributed by atoms with Gasteiger partial charge >= 0.3 is 0 Å². The fourth-order valence-electron chi connectivity index (χ4n) is 4.62. The number of likely N-dealkylation sites (tertiary alicyclic amines) is 1.